The molecule has 8 nitrogen and oxygen atoms in total. The number of likely N-dealkylation sites (N-methyl/N-ethyl adjacent to an activating group) is 1. The third-order valence-corrected chi connectivity index (χ3v) is 2.70. The number of rotatable bonds is 7. The molecule has 1 rings (SSSR count). The van der Waals surface area contributed by atoms with E-state index in [4.69, 9.17) is 5.73 Å². The van der Waals surface area contributed by atoms with Crippen molar-refractivity contribution in [3.8, 4) is 0 Å². The van der Waals surface area contributed by atoms with Crippen LogP contribution >= 0.6 is 0 Å². The summed E-state index contributed by atoms with van der Waals surface area (Å²) in [7, 11) is 1.58. The third kappa shape index (κ3) is 4.96. The Morgan fingerprint density at radius 2 is 2.25 bits per heavy atom. The number of aromatic nitrogens is 3. The maximum Gasteiger partial charge on any atom is 0.244 e. The van der Waals surface area contributed by atoms with E-state index in [1.165, 1.54) is 9.58 Å². The van der Waals surface area contributed by atoms with Crippen LogP contribution in [0.2, 0.25) is 0 Å². The van der Waals surface area contributed by atoms with E-state index in [0.717, 1.165) is 6.42 Å². The molecule has 1 unspecified atom stereocenters. The van der Waals surface area contributed by atoms with Crippen molar-refractivity contribution in [2.75, 3.05) is 20.1 Å². The Bertz CT molecular complexity index is 457. The van der Waals surface area contributed by atoms with Crippen LogP contribution in [0.15, 0.2) is 6.20 Å². The van der Waals surface area contributed by atoms with Gasteiger partial charge in [0.05, 0.1) is 18.4 Å². The predicted molar refractivity (Wildman–Crippen MR) is 73.6 cm³/mol. The lowest BCUT2D eigenvalue weighted by atomic mass is 10.3. The molecule has 0 radical (unpaired) electrons. The second-order valence-corrected chi connectivity index (χ2v) is 4.73. The Hall–Kier alpha value is -1.96. The average molecular weight is 282 g/mol. The van der Waals surface area contributed by atoms with Gasteiger partial charge in [-0.05, 0) is 13.3 Å². The zero-order valence-corrected chi connectivity index (χ0v) is 12.2. The quantitative estimate of drug-likeness (QED) is 0.686. The monoisotopic (exact) mass is 282 g/mol. The molecule has 1 heterocycles. The van der Waals surface area contributed by atoms with E-state index in [2.05, 4.69) is 15.6 Å². The van der Waals surface area contributed by atoms with Gasteiger partial charge in [0.2, 0.25) is 11.8 Å². The van der Waals surface area contributed by atoms with Crippen molar-refractivity contribution in [3.63, 3.8) is 0 Å². The Labute approximate surface area is 118 Å². The van der Waals surface area contributed by atoms with Crippen LogP contribution in [0, 0.1) is 0 Å². The first-order valence-electron chi connectivity index (χ1n) is 6.60. The number of hydrogen-bond donors (Lipinski definition) is 2. The van der Waals surface area contributed by atoms with Gasteiger partial charge in [0.1, 0.15) is 6.54 Å². The summed E-state index contributed by atoms with van der Waals surface area (Å²) in [5.74, 6) is -0.379. The van der Waals surface area contributed by atoms with Crippen molar-refractivity contribution in [2.24, 2.45) is 5.73 Å². The van der Waals surface area contributed by atoms with Crippen LogP contribution in [0.25, 0.3) is 0 Å². The SMILES string of the molecule is CCCNC(=O)CN(C)C(=O)Cn1cc(C(C)N)nn1. The summed E-state index contributed by atoms with van der Waals surface area (Å²) in [6, 6.07) is -0.226. The fourth-order valence-corrected chi connectivity index (χ4v) is 1.48. The van der Waals surface area contributed by atoms with Crippen LogP contribution in [-0.2, 0) is 16.1 Å². The van der Waals surface area contributed by atoms with Gasteiger partial charge in [-0.15, -0.1) is 5.10 Å². The molecule has 1 aromatic rings. The first-order chi connectivity index (χ1) is 9.43. The lowest BCUT2D eigenvalue weighted by molar-refractivity contribution is -0.135. The van der Waals surface area contributed by atoms with Crippen LogP contribution < -0.4 is 11.1 Å². The van der Waals surface area contributed by atoms with Gasteiger partial charge in [-0.2, -0.15) is 0 Å². The smallest absolute Gasteiger partial charge is 0.244 e. The van der Waals surface area contributed by atoms with Crippen molar-refractivity contribution in [1.29, 1.82) is 0 Å². The first-order valence-corrected chi connectivity index (χ1v) is 6.60. The van der Waals surface area contributed by atoms with Crippen LogP contribution in [-0.4, -0.2) is 51.8 Å². The molecule has 20 heavy (non-hydrogen) atoms. The predicted octanol–water partition coefficient (Wildman–Crippen LogP) is -0.718. The zero-order chi connectivity index (χ0) is 15.1. The molecule has 1 atom stereocenters. The molecule has 0 saturated carbocycles. The molecule has 0 fully saturated rings. The molecule has 8 heteroatoms. The van der Waals surface area contributed by atoms with E-state index in [1.54, 1.807) is 20.2 Å². The number of carbonyl (C=O) groups is 2. The van der Waals surface area contributed by atoms with Crippen LogP contribution in [0.3, 0.4) is 0 Å². The van der Waals surface area contributed by atoms with E-state index in [1.807, 2.05) is 6.92 Å². The van der Waals surface area contributed by atoms with Crippen LogP contribution in [0.5, 0.6) is 0 Å². The lowest BCUT2D eigenvalue weighted by Crippen LogP contribution is -2.40. The van der Waals surface area contributed by atoms with E-state index >= 15 is 0 Å². The Balaban J connectivity index is 2.46. The summed E-state index contributed by atoms with van der Waals surface area (Å²) in [4.78, 5) is 24.8. The zero-order valence-electron chi connectivity index (χ0n) is 12.2. The molecule has 0 saturated heterocycles. The van der Waals surface area contributed by atoms with Gasteiger partial charge in [0.25, 0.3) is 0 Å². The maximum atomic E-state index is 11.9. The lowest BCUT2D eigenvalue weighted by Gasteiger charge is -2.16. The highest BCUT2D eigenvalue weighted by molar-refractivity contribution is 5.84. The van der Waals surface area contributed by atoms with Gasteiger partial charge in [-0.3, -0.25) is 9.59 Å². The second kappa shape index (κ2) is 7.59. The molecule has 0 aliphatic carbocycles. The highest BCUT2D eigenvalue weighted by Gasteiger charge is 2.14. The van der Waals surface area contributed by atoms with E-state index in [-0.39, 0.29) is 30.9 Å². The highest BCUT2D eigenvalue weighted by atomic mass is 16.2. The van der Waals surface area contributed by atoms with Gasteiger partial charge in [0, 0.05) is 19.6 Å². The summed E-state index contributed by atoms with van der Waals surface area (Å²) in [6.07, 6.45) is 2.50. The Morgan fingerprint density at radius 1 is 1.55 bits per heavy atom. The molecule has 3 N–H and O–H groups in total. The maximum absolute atomic E-state index is 11.9. The number of nitrogens with two attached hydrogens (primary N) is 1. The first kappa shape index (κ1) is 16.1. The summed E-state index contributed by atoms with van der Waals surface area (Å²) < 4.78 is 1.42. The number of amides is 2. The second-order valence-electron chi connectivity index (χ2n) is 4.73. The van der Waals surface area contributed by atoms with Gasteiger partial charge in [0.15, 0.2) is 0 Å². The summed E-state index contributed by atoms with van der Waals surface area (Å²) in [5, 5.41) is 10.4. The summed E-state index contributed by atoms with van der Waals surface area (Å²) in [5.41, 5.74) is 6.29. The van der Waals surface area contributed by atoms with Crippen LogP contribution in [0.4, 0.5) is 0 Å². The molecule has 2 amide bonds. The number of hydrogen-bond acceptors (Lipinski definition) is 5. The van der Waals surface area contributed by atoms with Crippen molar-refractivity contribution in [2.45, 2.75) is 32.9 Å². The summed E-state index contributed by atoms with van der Waals surface area (Å²) in [6.45, 7) is 4.45. The third-order valence-electron chi connectivity index (χ3n) is 2.70. The minimum atomic E-state index is -0.226. The normalized spacial score (nSPS) is 12.0. The largest absolute Gasteiger partial charge is 0.355 e. The molecule has 0 aromatic carbocycles. The van der Waals surface area contributed by atoms with Crippen molar-refractivity contribution < 1.29 is 9.59 Å². The van der Waals surface area contributed by atoms with Crippen molar-refractivity contribution in [3.05, 3.63) is 11.9 Å². The van der Waals surface area contributed by atoms with Gasteiger partial charge < -0.3 is 16.0 Å². The van der Waals surface area contributed by atoms with Gasteiger partial charge in [-0.25, -0.2) is 4.68 Å². The Morgan fingerprint density at radius 3 is 2.80 bits per heavy atom. The van der Waals surface area contributed by atoms with Crippen LogP contribution in [0.1, 0.15) is 32.0 Å². The number of nitrogens with zero attached hydrogens (tertiary/aromatic N) is 4. The number of nitrogens with one attached hydrogen (secondary N) is 1. The Kier molecular flexibility index (Phi) is 6.10. The fraction of sp³-hybridized carbons (Fsp3) is 0.667. The summed E-state index contributed by atoms with van der Waals surface area (Å²) >= 11 is 0. The molecular formula is C12H22N6O2. The van der Waals surface area contributed by atoms with Gasteiger partial charge in [-0.1, -0.05) is 12.1 Å². The minimum absolute atomic E-state index is 0.0354. The van der Waals surface area contributed by atoms with Crippen molar-refractivity contribution >= 4 is 11.8 Å². The van der Waals surface area contributed by atoms with E-state index < -0.39 is 0 Å². The standard InChI is InChI=1S/C12H22N6O2/c1-4-5-14-11(19)7-17(3)12(20)8-18-6-10(9(2)13)15-16-18/h6,9H,4-5,7-8,13H2,1-3H3,(H,14,19). The molecule has 1 aromatic heterocycles. The average Bonchev–Trinajstić information content (AvgIpc) is 2.84. The molecule has 0 aliphatic heterocycles. The molecule has 112 valence electrons. The fourth-order valence-electron chi connectivity index (χ4n) is 1.48. The highest BCUT2D eigenvalue weighted by Crippen LogP contribution is 2.03. The molecule has 0 aliphatic rings. The van der Waals surface area contributed by atoms with E-state index in [0.29, 0.717) is 12.2 Å². The topological polar surface area (TPSA) is 106 Å². The van der Waals surface area contributed by atoms with Gasteiger partial charge >= 0.3 is 0 Å². The van der Waals surface area contributed by atoms with E-state index in [9.17, 15) is 9.59 Å². The van der Waals surface area contributed by atoms with Crippen molar-refractivity contribution in [1.82, 2.24) is 25.2 Å². The molecule has 0 bridgehead atoms. The minimum Gasteiger partial charge on any atom is -0.355 e. The molecular weight excluding hydrogens is 260 g/mol. The molecule has 0 spiro atoms. The number of carbonyl (C=O) groups excluding carboxylic acids is 2.